The van der Waals surface area contributed by atoms with Crippen molar-refractivity contribution >= 4 is 16.5 Å². The molecule has 1 aromatic heterocycles. The molecule has 0 bridgehead atoms. The quantitative estimate of drug-likeness (QED) is 0.909. The summed E-state index contributed by atoms with van der Waals surface area (Å²) in [5, 5.41) is 11.4. The van der Waals surface area contributed by atoms with Gasteiger partial charge >= 0.3 is 0 Å². The second kappa shape index (κ2) is 5.52. The zero-order chi connectivity index (χ0) is 14.0. The number of aliphatic hydroxyl groups is 1. The molecule has 1 saturated heterocycles. The molecule has 2 heterocycles. The first-order valence-electron chi connectivity index (χ1n) is 6.86. The average Bonchev–Trinajstić information content (AvgIpc) is 2.88. The highest BCUT2D eigenvalue weighted by Gasteiger charge is 2.36. The third-order valence-electron chi connectivity index (χ3n) is 3.78. The van der Waals surface area contributed by atoms with Gasteiger partial charge in [0.15, 0.2) is 5.13 Å². The minimum absolute atomic E-state index is 0.522. The lowest BCUT2D eigenvalue weighted by Crippen LogP contribution is -2.45. The number of nitrogens with zero attached hydrogens (tertiary/aromatic N) is 2. The van der Waals surface area contributed by atoms with E-state index in [1.165, 1.54) is 16.9 Å². The van der Waals surface area contributed by atoms with Crippen LogP contribution in [0.3, 0.4) is 0 Å². The standard InChI is InChI=1S/C15H19N3OS/c16-14-17-9-13(20-14)15(19)7-4-8-18(11-15)10-12-5-2-1-3-6-12/h1-3,5-6,9,19H,4,7-8,10-11H2,(H2,16,17). The zero-order valence-corrected chi connectivity index (χ0v) is 12.1. The zero-order valence-electron chi connectivity index (χ0n) is 11.3. The van der Waals surface area contributed by atoms with Crippen LogP contribution in [-0.4, -0.2) is 28.1 Å². The predicted octanol–water partition coefficient (Wildman–Crippen LogP) is 2.21. The minimum atomic E-state index is -0.803. The second-order valence-corrected chi connectivity index (χ2v) is 6.46. The Kier molecular flexibility index (Phi) is 3.74. The number of nitrogen functional groups attached to an aromatic ring is 1. The Morgan fingerprint density at radius 3 is 2.85 bits per heavy atom. The topological polar surface area (TPSA) is 62.4 Å². The molecule has 1 aromatic carbocycles. The summed E-state index contributed by atoms with van der Waals surface area (Å²) in [6.07, 6.45) is 3.48. The fraction of sp³-hybridized carbons (Fsp3) is 0.400. The Hall–Kier alpha value is -1.43. The lowest BCUT2D eigenvalue weighted by Gasteiger charge is -2.38. The molecule has 0 radical (unpaired) electrons. The predicted molar refractivity (Wildman–Crippen MR) is 81.4 cm³/mol. The lowest BCUT2D eigenvalue weighted by atomic mass is 9.91. The molecule has 3 N–H and O–H groups in total. The van der Waals surface area contributed by atoms with Gasteiger partial charge in [0.2, 0.25) is 0 Å². The number of hydrogen-bond acceptors (Lipinski definition) is 5. The summed E-state index contributed by atoms with van der Waals surface area (Å²) in [7, 11) is 0. The molecule has 1 fully saturated rings. The average molecular weight is 289 g/mol. The van der Waals surface area contributed by atoms with Crippen LogP contribution in [0.2, 0.25) is 0 Å². The van der Waals surface area contributed by atoms with E-state index in [1.54, 1.807) is 6.20 Å². The van der Waals surface area contributed by atoms with E-state index in [4.69, 9.17) is 5.73 Å². The van der Waals surface area contributed by atoms with Crippen molar-refractivity contribution in [1.29, 1.82) is 0 Å². The van der Waals surface area contributed by atoms with Crippen LogP contribution in [0.5, 0.6) is 0 Å². The monoisotopic (exact) mass is 289 g/mol. The van der Waals surface area contributed by atoms with Gasteiger partial charge in [-0.3, -0.25) is 4.90 Å². The first-order valence-corrected chi connectivity index (χ1v) is 7.68. The van der Waals surface area contributed by atoms with Gasteiger partial charge in [0.05, 0.1) is 4.88 Å². The van der Waals surface area contributed by atoms with E-state index in [1.807, 2.05) is 6.07 Å². The molecule has 1 aliphatic rings. The van der Waals surface area contributed by atoms with Crippen LogP contribution in [0.15, 0.2) is 36.5 Å². The van der Waals surface area contributed by atoms with Gasteiger partial charge in [-0.2, -0.15) is 0 Å². The highest BCUT2D eigenvalue weighted by Crippen LogP contribution is 2.35. The molecular formula is C15H19N3OS. The maximum Gasteiger partial charge on any atom is 0.180 e. The summed E-state index contributed by atoms with van der Waals surface area (Å²) in [5.74, 6) is 0. The van der Waals surface area contributed by atoms with Crippen LogP contribution in [0.1, 0.15) is 23.3 Å². The number of nitrogens with two attached hydrogens (primary N) is 1. The molecule has 0 spiro atoms. The maximum atomic E-state index is 10.9. The highest BCUT2D eigenvalue weighted by molar-refractivity contribution is 7.15. The number of anilines is 1. The van der Waals surface area contributed by atoms with E-state index in [-0.39, 0.29) is 0 Å². The van der Waals surface area contributed by atoms with Crippen molar-refractivity contribution in [2.75, 3.05) is 18.8 Å². The second-order valence-electron chi connectivity index (χ2n) is 5.39. The van der Waals surface area contributed by atoms with Gasteiger partial charge in [-0.25, -0.2) is 4.98 Å². The molecule has 0 aliphatic carbocycles. The first-order chi connectivity index (χ1) is 9.66. The Morgan fingerprint density at radius 1 is 1.35 bits per heavy atom. The third-order valence-corrected chi connectivity index (χ3v) is 4.80. The van der Waals surface area contributed by atoms with Crippen molar-refractivity contribution in [3.05, 3.63) is 47.0 Å². The van der Waals surface area contributed by atoms with E-state index in [0.29, 0.717) is 11.7 Å². The Labute approximate surface area is 122 Å². The van der Waals surface area contributed by atoms with Crippen molar-refractivity contribution < 1.29 is 5.11 Å². The van der Waals surface area contributed by atoms with Crippen molar-refractivity contribution in [2.45, 2.75) is 25.0 Å². The normalized spacial score (nSPS) is 23.9. The van der Waals surface area contributed by atoms with Crippen molar-refractivity contribution in [1.82, 2.24) is 9.88 Å². The molecule has 3 rings (SSSR count). The van der Waals surface area contributed by atoms with Gasteiger partial charge in [0.1, 0.15) is 5.60 Å². The number of hydrogen-bond donors (Lipinski definition) is 2. The van der Waals surface area contributed by atoms with Crippen LogP contribution >= 0.6 is 11.3 Å². The minimum Gasteiger partial charge on any atom is -0.383 e. The summed E-state index contributed by atoms with van der Waals surface area (Å²) in [4.78, 5) is 7.25. The van der Waals surface area contributed by atoms with E-state index < -0.39 is 5.60 Å². The van der Waals surface area contributed by atoms with Gasteiger partial charge in [-0.1, -0.05) is 41.7 Å². The van der Waals surface area contributed by atoms with Crippen molar-refractivity contribution in [3.8, 4) is 0 Å². The smallest absolute Gasteiger partial charge is 0.180 e. The molecule has 2 aromatic rings. The van der Waals surface area contributed by atoms with E-state index >= 15 is 0 Å². The molecule has 1 unspecified atom stereocenters. The van der Waals surface area contributed by atoms with Crippen LogP contribution in [0.25, 0.3) is 0 Å². The Balaban J connectivity index is 1.73. The molecule has 1 aliphatic heterocycles. The van der Waals surface area contributed by atoms with Gasteiger partial charge in [-0.05, 0) is 24.9 Å². The van der Waals surface area contributed by atoms with Crippen LogP contribution in [0, 0.1) is 0 Å². The number of aromatic nitrogens is 1. The molecule has 106 valence electrons. The van der Waals surface area contributed by atoms with E-state index in [2.05, 4.69) is 34.1 Å². The van der Waals surface area contributed by atoms with Gasteiger partial charge < -0.3 is 10.8 Å². The summed E-state index contributed by atoms with van der Waals surface area (Å²) in [5.41, 5.74) is 6.16. The number of β-amino-alcohol motifs (C(OH)–C–C–N with tert-alkyl or cyclic N) is 1. The van der Waals surface area contributed by atoms with E-state index in [0.717, 1.165) is 30.8 Å². The SMILES string of the molecule is Nc1ncc(C2(O)CCCN(Cc3ccccc3)C2)s1. The van der Waals surface area contributed by atoms with Gasteiger partial charge in [-0.15, -0.1) is 0 Å². The number of piperidine rings is 1. The third kappa shape index (κ3) is 2.85. The van der Waals surface area contributed by atoms with E-state index in [9.17, 15) is 5.11 Å². The van der Waals surface area contributed by atoms with Crippen LogP contribution < -0.4 is 5.73 Å². The Morgan fingerprint density at radius 2 is 2.15 bits per heavy atom. The van der Waals surface area contributed by atoms with Gasteiger partial charge in [0.25, 0.3) is 0 Å². The molecule has 4 nitrogen and oxygen atoms in total. The summed E-state index contributed by atoms with van der Waals surface area (Å²) in [6, 6.07) is 10.4. The maximum absolute atomic E-state index is 10.9. The summed E-state index contributed by atoms with van der Waals surface area (Å²) >= 11 is 1.39. The van der Waals surface area contributed by atoms with Gasteiger partial charge in [0, 0.05) is 19.3 Å². The fourth-order valence-electron chi connectivity index (χ4n) is 2.80. The number of likely N-dealkylation sites (tertiary alicyclic amines) is 1. The largest absolute Gasteiger partial charge is 0.383 e. The Bertz CT molecular complexity index is 572. The van der Waals surface area contributed by atoms with Crippen molar-refractivity contribution in [3.63, 3.8) is 0 Å². The molecular weight excluding hydrogens is 270 g/mol. The van der Waals surface area contributed by atoms with Crippen LogP contribution in [-0.2, 0) is 12.1 Å². The number of benzene rings is 1. The number of thiazole rings is 1. The van der Waals surface area contributed by atoms with Crippen LogP contribution in [0.4, 0.5) is 5.13 Å². The highest BCUT2D eigenvalue weighted by atomic mass is 32.1. The van der Waals surface area contributed by atoms with Crippen molar-refractivity contribution in [2.24, 2.45) is 0 Å². The molecule has 20 heavy (non-hydrogen) atoms. The molecule has 1 atom stereocenters. The fourth-order valence-corrected chi connectivity index (χ4v) is 3.60. The lowest BCUT2D eigenvalue weighted by molar-refractivity contribution is -0.0354. The molecule has 5 heteroatoms. The number of rotatable bonds is 3. The summed E-state index contributed by atoms with van der Waals surface area (Å²) in [6.45, 7) is 2.53. The molecule has 0 saturated carbocycles. The molecule has 0 amide bonds. The summed E-state index contributed by atoms with van der Waals surface area (Å²) < 4.78 is 0. The first kappa shape index (κ1) is 13.5.